The number of amides is 3. The summed E-state index contributed by atoms with van der Waals surface area (Å²) >= 11 is 0. The quantitative estimate of drug-likeness (QED) is 0.601. The van der Waals surface area contributed by atoms with E-state index in [0.717, 1.165) is 4.90 Å². The van der Waals surface area contributed by atoms with Gasteiger partial charge in [0.25, 0.3) is 0 Å². The molecule has 0 radical (unpaired) electrons. The molecule has 0 saturated carbocycles. The summed E-state index contributed by atoms with van der Waals surface area (Å²) < 4.78 is 0. The third-order valence-corrected chi connectivity index (χ3v) is 2.60. The van der Waals surface area contributed by atoms with Gasteiger partial charge in [0, 0.05) is 0 Å². The summed E-state index contributed by atoms with van der Waals surface area (Å²) in [5, 5.41) is 10.4. The summed E-state index contributed by atoms with van der Waals surface area (Å²) in [5.41, 5.74) is 3.26. The van der Waals surface area contributed by atoms with E-state index in [0.29, 0.717) is 0 Å². The van der Waals surface area contributed by atoms with Gasteiger partial charge in [0.05, 0.1) is 5.54 Å². The fourth-order valence-corrected chi connectivity index (χ4v) is 1.41. The van der Waals surface area contributed by atoms with Crippen molar-refractivity contribution >= 4 is 17.8 Å². The molecule has 1 fully saturated rings. The van der Waals surface area contributed by atoms with Gasteiger partial charge in [0.1, 0.15) is 11.4 Å². The number of urea groups is 1. The van der Waals surface area contributed by atoms with E-state index in [1.165, 1.54) is 13.8 Å². The molecule has 4 N–H and O–H groups in total. The van der Waals surface area contributed by atoms with E-state index in [4.69, 9.17) is 11.1 Å². The molecule has 0 atom stereocenters. The minimum absolute atomic E-state index is 0.0521. The van der Waals surface area contributed by atoms with Crippen molar-refractivity contribution in [3.8, 4) is 0 Å². The zero-order chi connectivity index (χ0) is 12.0. The molecule has 6 heteroatoms. The average Bonchev–Trinajstić information content (AvgIpc) is 2.20. The Bertz CT molecular complexity index is 346. The summed E-state index contributed by atoms with van der Waals surface area (Å²) in [7, 11) is 0. The Kier molecular flexibility index (Phi) is 2.26. The maximum absolute atomic E-state index is 11.6. The molecule has 84 valence electrons. The molecule has 6 nitrogen and oxygen atoms in total. The number of nitrogens with one attached hydrogen (secondary N) is 2. The molecule has 0 spiro atoms. The highest BCUT2D eigenvalue weighted by molar-refractivity contribution is 6.11. The zero-order valence-corrected chi connectivity index (χ0v) is 9.34. The maximum atomic E-state index is 11.6. The molecule has 0 aliphatic carbocycles. The molecule has 0 aromatic carbocycles. The Hall–Kier alpha value is -1.59. The van der Waals surface area contributed by atoms with Crippen LogP contribution in [0.2, 0.25) is 0 Å². The van der Waals surface area contributed by atoms with Crippen LogP contribution in [0.5, 0.6) is 0 Å². The molecule has 1 saturated heterocycles. The van der Waals surface area contributed by atoms with E-state index >= 15 is 0 Å². The SMILES string of the molecule is CC1(C)NC(=O)N(C(C)(C)C(N)=O)C1=N. The molecule has 1 aliphatic heterocycles. The van der Waals surface area contributed by atoms with Crippen molar-refractivity contribution < 1.29 is 9.59 Å². The van der Waals surface area contributed by atoms with Crippen LogP contribution >= 0.6 is 0 Å². The monoisotopic (exact) mass is 212 g/mol. The number of rotatable bonds is 2. The predicted octanol–water partition coefficient (Wildman–Crippen LogP) is 0.0314. The van der Waals surface area contributed by atoms with Gasteiger partial charge in [-0.05, 0) is 27.7 Å². The van der Waals surface area contributed by atoms with E-state index in [9.17, 15) is 9.59 Å². The van der Waals surface area contributed by atoms with Gasteiger partial charge >= 0.3 is 6.03 Å². The van der Waals surface area contributed by atoms with Gasteiger partial charge in [-0.3, -0.25) is 15.1 Å². The van der Waals surface area contributed by atoms with E-state index in [2.05, 4.69) is 5.32 Å². The lowest BCUT2D eigenvalue weighted by atomic mass is 9.99. The van der Waals surface area contributed by atoms with Gasteiger partial charge in [-0.2, -0.15) is 0 Å². The van der Waals surface area contributed by atoms with Crippen molar-refractivity contribution in [2.45, 2.75) is 38.8 Å². The predicted molar refractivity (Wildman–Crippen MR) is 55.4 cm³/mol. The Morgan fingerprint density at radius 3 is 2.27 bits per heavy atom. The van der Waals surface area contributed by atoms with Crippen molar-refractivity contribution in [1.29, 1.82) is 5.41 Å². The molecule has 3 amide bonds. The van der Waals surface area contributed by atoms with Gasteiger partial charge in [-0.25, -0.2) is 4.79 Å². The molecule has 0 unspecified atom stereocenters. The maximum Gasteiger partial charge on any atom is 0.324 e. The minimum atomic E-state index is -1.19. The highest BCUT2D eigenvalue weighted by atomic mass is 16.2. The number of amidine groups is 1. The summed E-state index contributed by atoms with van der Waals surface area (Å²) in [5.74, 6) is -0.587. The van der Waals surface area contributed by atoms with Crippen LogP contribution in [0, 0.1) is 5.41 Å². The first kappa shape index (κ1) is 11.5. The Morgan fingerprint density at radius 1 is 1.53 bits per heavy atom. The van der Waals surface area contributed by atoms with Crippen molar-refractivity contribution in [3.05, 3.63) is 0 Å². The van der Waals surface area contributed by atoms with Gasteiger partial charge in [0.2, 0.25) is 5.91 Å². The number of nitrogens with zero attached hydrogens (tertiary/aromatic N) is 1. The van der Waals surface area contributed by atoms with Gasteiger partial charge in [-0.1, -0.05) is 0 Å². The van der Waals surface area contributed by atoms with Crippen molar-refractivity contribution in [2.24, 2.45) is 5.73 Å². The van der Waals surface area contributed by atoms with Crippen LogP contribution < -0.4 is 11.1 Å². The molecular formula is C9H16N4O2. The second-order valence-corrected chi connectivity index (χ2v) is 4.66. The van der Waals surface area contributed by atoms with Crippen molar-refractivity contribution in [2.75, 3.05) is 0 Å². The van der Waals surface area contributed by atoms with Crippen molar-refractivity contribution in [1.82, 2.24) is 10.2 Å². The summed E-state index contributed by atoms with van der Waals surface area (Å²) in [4.78, 5) is 23.9. The molecular weight excluding hydrogens is 196 g/mol. The molecule has 1 rings (SSSR count). The molecule has 0 bridgehead atoms. The highest BCUT2D eigenvalue weighted by Gasteiger charge is 2.49. The standard InChI is InChI=1S/C9H16N4O2/c1-8(2)5(10)13(7(15)12-8)9(3,4)6(11)14/h10H,1-4H3,(H2,11,14)(H,12,15). The number of nitrogens with two attached hydrogens (primary N) is 1. The Balaban J connectivity index is 3.13. The Labute approximate surface area is 88.3 Å². The van der Waals surface area contributed by atoms with Crippen LogP contribution in [0.25, 0.3) is 0 Å². The second kappa shape index (κ2) is 2.95. The molecule has 0 aromatic rings. The highest BCUT2D eigenvalue weighted by Crippen LogP contribution is 2.25. The van der Waals surface area contributed by atoms with Crippen LogP contribution in [0.15, 0.2) is 0 Å². The first-order valence-electron chi connectivity index (χ1n) is 4.62. The van der Waals surface area contributed by atoms with Crippen molar-refractivity contribution in [3.63, 3.8) is 0 Å². The van der Waals surface area contributed by atoms with Crippen LogP contribution in [0.4, 0.5) is 4.79 Å². The normalized spacial score (nSPS) is 20.4. The third-order valence-electron chi connectivity index (χ3n) is 2.60. The van der Waals surface area contributed by atoms with Gasteiger partial charge in [0.15, 0.2) is 0 Å². The van der Waals surface area contributed by atoms with Crippen LogP contribution in [0.1, 0.15) is 27.7 Å². The fourth-order valence-electron chi connectivity index (χ4n) is 1.41. The lowest BCUT2D eigenvalue weighted by Gasteiger charge is -2.32. The van der Waals surface area contributed by atoms with E-state index in [-0.39, 0.29) is 5.84 Å². The van der Waals surface area contributed by atoms with Crippen LogP contribution in [-0.2, 0) is 4.79 Å². The zero-order valence-electron chi connectivity index (χ0n) is 9.34. The third kappa shape index (κ3) is 1.55. The molecule has 0 aromatic heterocycles. The molecule has 1 aliphatic rings. The lowest BCUT2D eigenvalue weighted by Crippen LogP contribution is -2.56. The number of carbonyl (C=O) groups excluding carboxylic acids is 2. The lowest BCUT2D eigenvalue weighted by molar-refractivity contribution is -0.125. The number of primary amides is 1. The average molecular weight is 212 g/mol. The smallest absolute Gasteiger partial charge is 0.324 e. The number of hydrogen-bond donors (Lipinski definition) is 3. The minimum Gasteiger partial charge on any atom is -0.368 e. The number of hydrogen-bond acceptors (Lipinski definition) is 3. The summed E-state index contributed by atoms with van der Waals surface area (Å²) in [6.45, 7) is 6.43. The van der Waals surface area contributed by atoms with Gasteiger partial charge < -0.3 is 11.1 Å². The molecule has 1 heterocycles. The van der Waals surface area contributed by atoms with E-state index < -0.39 is 23.0 Å². The van der Waals surface area contributed by atoms with Crippen LogP contribution in [-0.4, -0.2) is 33.8 Å². The van der Waals surface area contributed by atoms with E-state index in [1.54, 1.807) is 13.8 Å². The van der Waals surface area contributed by atoms with Crippen LogP contribution in [0.3, 0.4) is 0 Å². The summed E-state index contributed by atoms with van der Waals surface area (Å²) in [6.07, 6.45) is 0. The summed E-state index contributed by atoms with van der Waals surface area (Å²) in [6, 6.07) is -0.464. The van der Waals surface area contributed by atoms with Gasteiger partial charge in [-0.15, -0.1) is 0 Å². The molecule has 15 heavy (non-hydrogen) atoms. The largest absolute Gasteiger partial charge is 0.368 e. The second-order valence-electron chi connectivity index (χ2n) is 4.66. The first-order chi connectivity index (χ1) is 6.60. The first-order valence-corrected chi connectivity index (χ1v) is 4.62. The topological polar surface area (TPSA) is 99.3 Å². The Morgan fingerprint density at radius 2 is 2.00 bits per heavy atom. The fraction of sp³-hybridized carbons (Fsp3) is 0.667. The van der Waals surface area contributed by atoms with E-state index in [1.807, 2.05) is 0 Å². The number of carbonyl (C=O) groups is 2.